The Morgan fingerprint density at radius 3 is 1.61 bits per heavy atom. The molecule has 134 valence electrons. The van der Waals surface area contributed by atoms with E-state index < -0.39 is 24.5 Å². The van der Waals surface area contributed by atoms with Gasteiger partial charge in [0.1, 0.15) is 6.61 Å². The lowest BCUT2D eigenvalue weighted by Gasteiger charge is -2.07. The molecular weight excluding hydrogens is 308 g/mol. The van der Waals surface area contributed by atoms with Crippen molar-refractivity contribution in [3.63, 3.8) is 0 Å². The van der Waals surface area contributed by atoms with Crippen LogP contribution in [0.4, 0.5) is 0 Å². The number of carbonyl (C=O) groups is 4. The van der Waals surface area contributed by atoms with Gasteiger partial charge in [-0.3, -0.25) is 14.4 Å². The van der Waals surface area contributed by atoms with Crippen molar-refractivity contribution in [1.29, 1.82) is 0 Å². The van der Waals surface area contributed by atoms with Gasteiger partial charge in [-0.25, -0.2) is 4.79 Å². The fourth-order valence-electron chi connectivity index (χ4n) is 0.990. The second-order valence-corrected chi connectivity index (χ2v) is 4.93. The van der Waals surface area contributed by atoms with Crippen LogP contribution >= 0.6 is 0 Å². The van der Waals surface area contributed by atoms with Crippen LogP contribution in [-0.4, -0.2) is 47.3 Å². The topological polar surface area (TPSA) is 127 Å². The molecule has 0 aliphatic heterocycles. The van der Waals surface area contributed by atoms with Crippen molar-refractivity contribution in [2.75, 3.05) is 13.2 Å². The zero-order chi connectivity index (χ0) is 18.4. The van der Waals surface area contributed by atoms with E-state index in [1.165, 1.54) is 0 Å². The lowest BCUT2D eigenvalue weighted by molar-refractivity contribution is -0.157. The van der Waals surface area contributed by atoms with E-state index in [0.717, 1.165) is 0 Å². The SMILES string of the molecule is CCC(C)C(=O)OCC(=O)O.CCC(C)C(=O)OCCC(=O)O. The highest BCUT2D eigenvalue weighted by molar-refractivity contribution is 5.76. The van der Waals surface area contributed by atoms with Crippen LogP contribution in [0.25, 0.3) is 0 Å². The second kappa shape index (κ2) is 13.5. The monoisotopic (exact) mass is 334 g/mol. The van der Waals surface area contributed by atoms with Crippen LogP contribution in [0.1, 0.15) is 47.0 Å². The molecule has 0 fully saturated rings. The fraction of sp³-hybridized carbons (Fsp3) is 0.733. The molecule has 8 heteroatoms. The van der Waals surface area contributed by atoms with E-state index in [4.69, 9.17) is 10.2 Å². The third-order valence-corrected chi connectivity index (χ3v) is 2.93. The summed E-state index contributed by atoms with van der Waals surface area (Å²) in [4.78, 5) is 41.7. The summed E-state index contributed by atoms with van der Waals surface area (Å²) in [5.41, 5.74) is 0. The predicted molar refractivity (Wildman–Crippen MR) is 80.7 cm³/mol. The summed E-state index contributed by atoms with van der Waals surface area (Å²) < 4.78 is 9.10. The molecule has 0 aromatic rings. The van der Waals surface area contributed by atoms with Gasteiger partial charge in [-0.05, 0) is 12.8 Å². The van der Waals surface area contributed by atoms with Gasteiger partial charge in [0.15, 0.2) is 6.61 Å². The molecule has 0 spiro atoms. The van der Waals surface area contributed by atoms with Crippen molar-refractivity contribution in [3.05, 3.63) is 0 Å². The second-order valence-electron chi connectivity index (χ2n) is 4.93. The lowest BCUT2D eigenvalue weighted by atomic mass is 10.1. The smallest absolute Gasteiger partial charge is 0.341 e. The van der Waals surface area contributed by atoms with Gasteiger partial charge in [0.2, 0.25) is 0 Å². The van der Waals surface area contributed by atoms with Crippen molar-refractivity contribution in [1.82, 2.24) is 0 Å². The molecule has 23 heavy (non-hydrogen) atoms. The van der Waals surface area contributed by atoms with Gasteiger partial charge in [0, 0.05) is 0 Å². The van der Waals surface area contributed by atoms with Crippen molar-refractivity contribution in [2.45, 2.75) is 47.0 Å². The number of carbonyl (C=O) groups excluding carboxylic acids is 2. The first-order chi connectivity index (χ1) is 10.6. The Bertz CT molecular complexity index is 391. The van der Waals surface area contributed by atoms with Gasteiger partial charge in [0.25, 0.3) is 0 Å². The number of rotatable bonds is 9. The van der Waals surface area contributed by atoms with E-state index >= 15 is 0 Å². The normalized spacial score (nSPS) is 12.2. The number of aliphatic carboxylic acids is 2. The minimum Gasteiger partial charge on any atom is -0.481 e. The molecule has 8 nitrogen and oxygen atoms in total. The number of hydrogen-bond donors (Lipinski definition) is 2. The molecule has 2 unspecified atom stereocenters. The quantitative estimate of drug-likeness (QED) is 0.610. The molecule has 0 rings (SSSR count). The molecule has 2 N–H and O–H groups in total. The summed E-state index contributed by atoms with van der Waals surface area (Å²) in [5, 5.41) is 16.4. The minimum absolute atomic E-state index is 0.0293. The molecular formula is C15H26O8. The Hall–Kier alpha value is -2.12. The van der Waals surface area contributed by atoms with Crippen LogP contribution < -0.4 is 0 Å². The Morgan fingerprint density at radius 2 is 1.26 bits per heavy atom. The summed E-state index contributed by atoms with van der Waals surface area (Å²) in [6.07, 6.45) is 1.26. The summed E-state index contributed by atoms with van der Waals surface area (Å²) in [7, 11) is 0. The summed E-state index contributed by atoms with van der Waals surface area (Å²) in [6, 6.07) is 0. The van der Waals surface area contributed by atoms with E-state index in [2.05, 4.69) is 9.47 Å². The predicted octanol–water partition coefficient (Wildman–Crippen LogP) is 1.71. The molecule has 0 heterocycles. The fourth-order valence-corrected chi connectivity index (χ4v) is 0.990. The van der Waals surface area contributed by atoms with Crippen LogP contribution in [0.2, 0.25) is 0 Å². The average molecular weight is 334 g/mol. The van der Waals surface area contributed by atoms with Crippen molar-refractivity contribution in [2.24, 2.45) is 11.8 Å². The van der Waals surface area contributed by atoms with E-state index in [1.54, 1.807) is 13.8 Å². The largest absolute Gasteiger partial charge is 0.481 e. The summed E-state index contributed by atoms with van der Waals surface area (Å²) in [5.74, 6) is -3.20. The van der Waals surface area contributed by atoms with Crippen LogP contribution in [0.15, 0.2) is 0 Å². The zero-order valence-electron chi connectivity index (χ0n) is 14.0. The summed E-state index contributed by atoms with van der Waals surface area (Å²) in [6.45, 7) is 6.60. The highest BCUT2D eigenvalue weighted by atomic mass is 16.6. The number of hydrogen-bond acceptors (Lipinski definition) is 6. The number of esters is 2. The van der Waals surface area contributed by atoms with Gasteiger partial charge in [-0.1, -0.05) is 27.7 Å². The van der Waals surface area contributed by atoms with Gasteiger partial charge in [0.05, 0.1) is 18.3 Å². The maximum atomic E-state index is 10.9. The lowest BCUT2D eigenvalue weighted by Crippen LogP contribution is -2.18. The summed E-state index contributed by atoms with van der Waals surface area (Å²) >= 11 is 0. The Kier molecular flexibility index (Phi) is 13.6. The first kappa shape index (κ1) is 23.2. The molecule has 2 atom stereocenters. The molecule has 0 aliphatic carbocycles. The maximum Gasteiger partial charge on any atom is 0.341 e. The van der Waals surface area contributed by atoms with E-state index in [0.29, 0.717) is 12.8 Å². The van der Waals surface area contributed by atoms with Crippen LogP contribution in [0, 0.1) is 11.8 Å². The third kappa shape index (κ3) is 14.6. The molecule has 0 radical (unpaired) electrons. The van der Waals surface area contributed by atoms with E-state index in [-0.39, 0.29) is 30.8 Å². The molecule has 0 saturated carbocycles. The average Bonchev–Trinajstić information content (AvgIpc) is 2.50. The molecule has 0 amide bonds. The molecule has 0 saturated heterocycles. The molecule has 0 aromatic carbocycles. The van der Waals surface area contributed by atoms with Gasteiger partial charge >= 0.3 is 23.9 Å². The number of carboxylic acid groups (broad SMARTS) is 2. The Balaban J connectivity index is 0. The van der Waals surface area contributed by atoms with Gasteiger partial charge < -0.3 is 19.7 Å². The third-order valence-electron chi connectivity index (χ3n) is 2.93. The van der Waals surface area contributed by atoms with E-state index in [9.17, 15) is 19.2 Å². The van der Waals surface area contributed by atoms with E-state index in [1.807, 2.05) is 13.8 Å². The number of carboxylic acids is 2. The molecule has 0 aliphatic rings. The highest BCUT2D eigenvalue weighted by Gasteiger charge is 2.13. The van der Waals surface area contributed by atoms with Gasteiger partial charge in [-0.15, -0.1) is 0 Å². The van der Waals surface area contributed by atoms with Crippen LogP contribution in [0.3, 0.4) is 0 Å². The molecule has 0 aromatic heterocycles. The zero-order valence-corrected chi connectivity index (χ0v) is 14.0. The Morgan fingerprint density at radius 1 is 0.826 bits per heavy atom. The first-order valence-electron chi connectivity index (χ1n) is 7.42. The Labute approximate surface area is 135 Å². The highest BCUT2D eigenvalue weighted by Crippen LogP contribution is 2.03. The minimum atomic E-state index is -1.12. The number of ether oxygens (including phenoxy) is 2. The standard InChI is InChI=1S/C8H14O4.C7H12O4/c1-3-6(2)8(11)12-5-4-7(9)10;1-3-5(2)7(10)11-4-6(8)9/h6H,3-5H2,1-2H3,(H,9,10);5H,3-4H2,1-2H3,(H,8,9). The van der Waals surface area contributed by atoms with Crippen molar-refractivity contribution in [3.8, 4) is 0 Å². The maximum absolute atomic E-state index is 10.9. The first-order valence-corrected chi connectivity index (χ1v) is 7.42. The van der Waals surface area contributed by atoms with Crippen LogP contribution in [0.5, 0.6) is 0 Å². The van der Waals surface area contributed by atoms with Crippen molar-refractivity contribution >= 4 is 23.9 Å². The van der Waals surface area contributed by atoms with Gasteiger partial charge in [-0.2, -0.15) is 0 Å². The van der Waals surface area contributed by atoms with Crippen LogP contribution in [-0.2, 0) is 28.7 Å². The molecule has 0 bridgehead atoms. The van der Waals surface area contributed by atoms with Crippen molar-refractivity contribution < 1.29 is 38.9 Å².